The van der Waals surface area contributed by atoms with Crippen LogP contribution in [0.25, 0.3) is 0 Å². The standard InChI is InChI=1S/C16H24ClNO/c1-10-11(2)15(19)13(12(3)14(10)17)16(9-18)7-5-4-6-8-16/h19H,4-9,18H2,1-3H3. The predicted molar refractivity (Wildman–Crippen MR) is 81.1 cm³/mol. The van der Waals surface area contributed by atoms with E-state index in [-0.39, 0.29) is 5.41 Å². The van der Waals surface area contributed by atoms with Gasteiger partial charge in [-0.2, -0.15) is 0 Å². The molecule has 0 saturated heterocycles. The minimum Gasteiger partial charge on any atom is -0.507 e. The molecule has 3 N–H and O–H groups in total. The minimum absolute atomic E-state index is 0.0888. The molecule has 0 aliphatic heterocycles. The van der Waals surface area contributed by atoms with Crippen molar-refractivity contribution in [3.05, 3.63) is 27.3 Å². The van der Waals surface area contributed by atoms with Crippen LogP contribution in [0.15, 0.2) is 0 Å². The van der Waals surface area contributed by atoms with E-state index < -0.39 is 0 Å². The van der Waals surface area contributed by atoms with Crippen molar-refractivity contribution in [1.82, 2.24) is 0 Å². The summed E-state index contributed by atoms with van der Waals surface area (Å²) < 4.78 is 0. The molecular formula is C16H24ClNO. The topological polar surface area (TPSA) is 46.2 Å². The molecule has 0 spiro atoms. The normalized spacial score (nSPS) is 18.6. The number of hydrogen-bond acceptors (Lipinski definition) is 2. The van der Waals surface area contributed by atoms with Gasteiger partial charge in [0.15, 0.2) is 0 Å². The van der Waals surface area contributed by atoms with Crippen molar-refractivity contribution in [2.45, 2.75) is 58.3 Å². The number of halogens is 1. The van der Waals surface area contributed by atoms with E-state index in [2.05, 4.69) is 0 Å². The molecule has 0 radical (unpaired) electrons. The number of phenolic OH excluding ortho intramolecular Hbond substituents is 1. The Morgan fingerprint density at radius 3 is 2.16 bits per heavy atom. The Morgan fingerprint density at radius 1 is 1.05 bits per heavy atom. The first kappa shape index (κ1) is 14.7. The van der Waals surface area contributed by atoms with Crippen LogP contribution < -0.4 is 5.73 Å². The first-order valence-corrected chi connectivity index (χ1v) is 7.51. The Hall–Kier alpha value is -0.730. The van der Waals surface area contributed by atoms with E-state index in [1.807, 2.05) is 20.8 Å². The number of phenols is 1. The van der Waals surface area contributed by atoms with Crippen molar-refractivity contribution >= 4 is 11.6 Å². The van der Waals surface area contributed by atoms with Gasteiger partial charge in [0.05, 0.1) is 0 Å². The third-order valence-corrected chi connectivity index (χ3v) is 5.49. The van der Waals surface area contributed by atoms with Gasteiger partial charge < -0.3 is 10.8 Å². The molecular weight excluding hydrogens is 258 g/mol. The largest absolute Gasteiger partial charge is 0.507 e. The van der Waals surface area contributed by atoms with Crippen molar-refractivity contribution in [3.63, 3.8) is 0 Å². The summed E-state index contributed by atoms with van der Waals surface area (Å²) in [5.41, 5.74) is 9.88. The second-order valence-corrected chi connectivity index (χ2v) is 6.34. The number of aromatic hydroxyl groups is 1. The third-order valence-electron chi connectivity index (χ3n) is 4.92. The van der Waals surface area contributed by atoms with Crippen LogP contribution in [0.3, 0.4) is 0 Å². The third kappa shape index (κ3) is 2.25. The molecule has 1 aliphatic carbocycles. The summed E-state index contributed by atoms with van der Waals surface area (Å²) in [6.07, 6.45) is 5.73. The van der Waals surface area contributed by atoms with Crippen molar-refractivity contribution in [1.29, 1.82) is 0 Å². The molecule has 0 amide bonds. The molecule has 1 saturated carbocycles. The lowest BCUT2D eigenvalue weighted by Gasteiger charge is -2.39. The summed E-state index contributed by atoms with van der Waals surface area (Å²) in [6, 6.07) is 0. The lowest BCUT2D eigenvalue weighted by Crippen LogP contribution is -2.38. The number of benzene rings is 1. The van der Waals surface area contributed by atoms with Crippen molar-refractivity contribution in [2.24, 2.45) is 5.73 Å². The van der Waals surface area contributed by atoms with Crippen LogP contribution in [0, 0.1) is 20.8 Å². The van der Waals surface area contributed by atoms with Gasteiger partial charge in [-0.3, -0.25) is 0 Å². The maximum Gasteiger partial charge on any atom is 0.122 e. The molecule has 1 aliphatic rings. The molecule has 0 heterocycles. The summed E-state index contributed by atoms with van der Waals surface area (Å²) in [5, 5.41) is 11.4. The Balaban J connectivity index is 2.67. The van der Waals surface area contributed by atoms with Gasteiger partial charge in [-0.1, -0.05) is 30.9 Å². The van der Waals surface area contributed by atoms with Crippen LogP contribution in [0.5, 0.6) is 5.75 Å². The maximum absolute atomic E-state index is 10.6. The summed E-state index contributed by atoms with van der Waals surface area (Å²) in [5.74, 6) is 0.409. The van der Waals surface area contributed by atoms with Crippen LogP contribution in [0.4, 0.5) is 0 Å². The van der Waals surface area contributed by atoms with Gasteiger partial charge in [-0.25, -0.2) is 0 Å². The van der Waals surface area contributed by atoms with E-state index >= 15 is 0 Å². The molecule has 19 heavy (non-hydrogen) atoms. The van der Waals surface area contributed by atoms with E-state index in [0.717, 1.165) is 40.1 Å². The van der Waals surface area contributed by atoms with Crippen LogP contribution in [0.2, 0.25) is 5.02 Å². The van der Waals surface area contributed by atoms with E-state index in [9.17, 15) is 5.11 Å². The highest BCUT2D eigenvalue weighted by Gasteiger charge is 2.37. The first-order valence-electron chi connectivity index (χ1n) is 7.13. The van der Waals surface area contributed by atoms with Crippen LogP contribution in [-0.4, -0.2) is 11.7 Å². The van der Waals surface area contributed by atoms with Gasteiger partial charge in [0.25, 0.3) is 0 Å². The van der Waals surface area contributed by atoms with Gasteiger partial charge in [0, 0.05) is 22.5 Å². The SMILES string of the molecule is Cc1c(C)c(Cl)c(C)c(C2(CN)CCCCC2)c1O. The number of nitrogens with two attached hydrogens (primary N) is 1. The Kier molecular flexibility index (Phi) is 4.12. The predicted octanol–water partition coefficient (Wildman–Crippen LogP) is 4.13. The second-order valence-electron chi connectivity index (χ2n) is 5.96. The molecule has 0 unspecified atom stereocenters. The highest BCUT2D eigenvalue weighted by Crippen LogP contribution is 2.47. The van der Waals surface area contributed by atoms with Gasteiger partial charge in [-0.05, 0) is 50.3 Å². The van der Waals surface area contributed by atoms with Gasteiger partial charge in [0.1, 0.15) is 5.75 Å². The highest BCUT2D eigenvalue weighted by atomic mass is 35.5. The average molecular weight is 282 g/mol. The Labute approximate surface area is 121 Å². The summed E-state index contributed by atoms with van der Waals surface area (Å²) in [6.45, 7) is 6.49. The minimum atomic E-state index is -0.0888. The summed E-state index contributed by atoms with van der Waals surface area (Å²) >= 11 is 6.45. The second kappa shape index (κ2) is 5.34. The summed E-state index contributed by atoms with van der Waals surface area (Å²) in [4.78, 5) is 0. The number of hydrogen-bond donors (Lipinski definition) is 2. The van der Waals surface area contributed by atoms with E-state index in [0.29, 0.717) is 12.3 Å². The van der Waals surface area contributed by atoms with Gasteiger partial charge in [0.2, 0.25) is 0 Å². The fraction of sp³-hybridized carbons (Fsp3) is 0.625. The van der Waals surface area contributed by atoms with Crippen molar-refractivity contribution in [3.8, 4) is 5.75 Å². The molecule has 3 heteroatoms. The van der Waals surface area contributed by atoms with Gasteiger partial charge >= 0.3 is 0 Å². The lowest BCUT2D eigenvalue weighted by molar-refractivity contribution is 0.289. The molecule has 1 fully saturated rings. The van der Waals surface area contributed by atoms with Crippen LogP contribution >= 0.6 is 11.6 Å². The summed E-state index contributed by atoms with van der Waals surface area (Å²) in [7, 11) is 0. The zero-order valence-electron chi connectivity index (χ0n) is 12.1. The van der Waals surface area contributed by atoms with Crippen molar-refractivity contribution in [2.75, 3.05) is 6.54 Å². The quantitative estimate of drug-likeness (QED) is 0.856. The fourth-order valence-corrected chi connectivity index (χ4v) is 3.77. The fourth-order valence-electron chi connectivity index (χ4n) is 3.53. The van der Waals surface area contributed by atoms with Gasteiger partial charge in [-0.15, -0.1) is 0 Å². The molecule has 1 aromatic carbocycles. The molecule has 0 bridgehead atoms. The van der Waals surface area contributed by atoms with Crippen LogP contribution in [0.1, 0.15) is 54.4 Å². The lowest BCUT2D eigenvalue weighted by atomic mass is 9.67. The van der Waals surface area contributed by atoms with E-state index in [4.69, 9.17) is 17.3 Å². The smallest absolute Gasteiger partial charge is 0.122 e. The molecule has 106 valence electrons. The molecule has 1 aromatic rings. The highest BCUT2D eigenvalue weighted by molar-refractivity contribution is 6.32. The number of rotatable bonds is 2. The van der Waals surface area contributed by atoms with Crippen LogP contribution in [-0.2, 0) is 5.41 Å². The van der Waals surface area contributed by atoms with Crippen molar-refractivity contribution < 1.29 is 5.11 Å². The average Bonchev–Trinajstić information content (AvgIpc) is 2.44. The van der Waals surface area contributed by atoms with E-state index in [1.54, 1.807) is 0 Å². The maximum atomic E-state index is 10.6. The molecule has 2 nitrogen and oxygen atoms in total. The Morgan fingerprint density at radius 2 is 1.63 bits per heavy atom. The van der Waals surface area contributed by atoms with E-state index in [1.165, 1.54) is 19.3 Å². The Bertz CT molecular complexity index is 461. The zero-order chi connectivity index (χ0) is 14.2. The molecule has 0 atom stereocenters. The first-order chi connectivity index (χ1) is 8.94. The zero-order valence-corrected chi connectivity index (χ0v) is 12.9. The molecule has 2 rings (SSSR count). The monoisotopic (exact) mass is 281 g/mol. The molecule has 0 aromatic heterocycles.